The van der Waals surface area contributed by atoms with Gasteiger partial charge in [-0.05, 0) is 6.07 Å². The maximum Gasteiger partial charge on any atom is 0.135 e. The summed E-state index contributed by atoms with van der Waals surface area (Å²) in [6, 6.07) is 1.91. The molecule has 2 rings (SSSR count). The van der Waals surface area contributed by atoms with E-state index in [2.05, 4.69) is 26.8 Å². The van der Waals surface area contributed by atoms with E-state index in [1.54, 1.807) is 12.5 Å². The second-order valence-electron chi connectivity index (χ2n) is 3.04. The lowest BCUT2D eigenvalue weighted by molar-refractivity contribution is 0.446. The van der Waals surface area contributed by atoms with Crippen molar-refractivity contribution in [3.8, 4) is 0 Å². The molecule has 4 nitrogen and oxygen atoms in total. The van der Waals surface area contributed by atoms with Crippen LogP contribution in [-0.4, -0.2) is 35.0 Å². The van der Waals surface area contributed by atoms with Crippen molar-refractivity contribution >= 4 is 5.82 Å². The van der Waals surface area contributed by atoms with Crippen LogP contribution < -0.4 is 4.90 Å². The van der Waals surface area contributed by atoms with Crippen molar-refractivity contribution in [3.63, 3.8) is 0 Å². The van der Waals surface area contributed by atoms with Gasteiger partial charge in [0.15, 0.2) is 0 Å². The van der Waals surface area contributed by atoms with Crippen LogP contribution in [0.5, 0.6) is 0 Å². The van der Waals surface area contributed by atoms with Crippen LogP contribution >= 0.6 is 0 Å². The van der Waals surface area contributed by atoms with Gasteiger partial charge in [0, 0.05) is 38.7 Å². The van der Waals surface area contributed by atoms with E-state index in [1.165, 1.54) is 0 Å². The molecular weight excluding hydrogens is 164 g/mol. The maximum atomic E-state index is 4.17. The normalized spacial score (nSPS) is 16.4. The van der Waals surface area contributed by atoms with Gasteiger partial charge >= 0.3 is 0 Å². The predicted octanol–water partition coefficient (Wildman–Crippen LogP) is 0.700. The lowest BCUT2D eigenvalue weighted by atomic mass is 10.4. The molecule has 0 fully saturated rings. The van der Waals surface area contributed by atoms with Crippen LogP contribution in [0.2, 0.25) is 0 Å². The van der Waals surface area contributed by atoms with Crippen molar-refractivity contribution in [1.29, 1.82) is 0 Å². The van der Waals surface area contributed by atoms with Gasteiger partial charge in [-0.25, -0.2) is 9.97 Å². The molecule has 0 bridgehead atoms. The van der Waals surface area contributed by atoms with Gasteiger partial charge in [-0.15, -0.1) is 0 Å². The molecule has 0 atom stereocenters. The first-order chi connectivity index (χ1) is 6.36. The minimum atomic E-state index is 0.958. The summed E-state index contributed by atoms with van der Waals surface area (Å²) in [5.41, 5.74) is 0. The standard InChI is InChI=1S/C9H12N4/c1-12-4-6-13(7-5-12)9-2-3-10-8-11-9/h2-4,6,8H,5,7H2,1H3. The van der Waals surface area contributed by atoms with Gasteiger partial charge in [0.2, 0.25) is 0 Å². The number of rotatable bonds is 1. The largest absolute Gasteiger partial charge is 0.377 e. The summed E-state index contributed by atoms with van der Waals surface area (Å²) >= 11 is 0. The molecule has 68 valence electrons. The molecule has 0 unspecified atom stereocenters. The highest BCUT2D eigenvalue weighted by molar-refractivity contribution is 5.41. The second-order valence-corrected chi connectivity index (χ2v) is 3.04. The van der Waals surface area contributed by atoms with Crippen LogP contribution in [0.15, 0.2) is 31.0 Å². The van der Waals surface area contributed by atoms with Gasteiger partial charge < -0.3 is 9.80 Å². The Hall–Kier alpha value is -1.58. The molecule has 1 aromatic heterocycles. The number of hydrogen-bond acceptors (Lipinski definition) is 4. The minimum Gasteiger partial charge on any atom is -0.377 e. The van der Waals surface area contributed by atoms with Gasteiger partial charge in [-0.1, -0.05) is 0 Å². The fourth-order valence-electron chi connectivity index (χ4n) is 1.25. The van der Waals surface area contributed by atoms with Crippen LogP contribution in [0.1, 0.15) is 0 Å². The zero-order chi connectivity index (χ0) is 9.10. The van der Waals surface area contributed by atoms with E-state index < -0.39 is 0 Å². The summed E-state index contributed by atoms with van der Waals surface area (Å²) in [6.45, 7) is 2.00. The first-order valence-electron chi connectivity index (χ1n) is 4.27. The Balaban J connectivity index is 2.15. The monoisotopic (exact) mass is 176 g/mol. The van der Waals surface area contributed by atoms with Crippen molar-refractivity contribution in [2.45, 2.75) is 0 Å². The van der Waals surface area contributed by atoms with Crippen LogP contribution in [0.25, 0.3) is 0 Å². The Kier molecular flexibility index (Phi) is 2.12. The first kappa shape index (κ1) is 8.04. The molecule has 0 saturated heterocycles. The Morgan fingerprint density at radius 2 is 2.23 bits per heavy atom. The van der Waals surface area contributed by atoms with Gasteiger partial charge in [0.25, 0.3) is 0 Å². The highest BCUT2D eigenvalue weighted by Gasteiger charge is 2.08. The Bertz CT molecular complexity index is 296. The molecule has 0 spiro atoms. The molecule has 1 aliphatic rings. The van der Waals surface area contributed by atoms with E-state index in [-0.39, 0.29) is 0 Å². The van der Waals surface area contributed by atoms with E-state index >= 15 is 0 Å². The van der Waals surface area contributed by atoms with E-state index in [0.29, 0.717) is 0 Å². The molecular formula is C9H12N4. The highest BCUT2D eigenvalue weighted by Crippen LogP contribution is 2.11. The molecule has 1 aromatic rings. The zero-order valence-corrected chi connectivity index (χ0v) is 7.59. The molecule has 13 heavy (non-hydrogen) atoms. The molecule has 0 saturated carbocycles. The van der Waals surface area contributed by atoms with Crippen molar-refractivity contribution in [3.05, 3.63) is 31.0 Å². The van der Waals surface area contributed by atoms with Crippen LogP contribution in [-0.2, 0) is 0 Å². The third kappa shape index (κ3) is 1.77. The molecule has 4 heteroatoms. The molecule has 0 N–H and O–H groups in total. The van der Waals surface area contributed by atoms with Crippen molar-refractivity contribution < 1.29 is 0 Å². The predicted molar refractivity (Wildman–Crippen MR) is 51.1 cm³/mol. The van der Waals surface area contributed by atoms with Crippen molar-refractivity contribution in [2.24, 2.45) is 0 Å². The summed E-state index contributed by atoms with van der Waals surface area (Å²) < 4.78 is 0. The maximum absolute atomic E-state index is 4.17. The Morgan fingerprint density at radius 3 is 2.85 bits per heavy atom. The lowest BCUT2D eigenvalue weighted by Gasteiger charge is -2.27. The van der Waals surface area contributed by atoms with Crippen LogP contribution in [0.4, 0.5) is 5.82 Å². The summed E-state index contributed by atoms with van der Waals surface area (Å²) in [6.07, 6.45) is 7.41. The fraction of sp³-hybridized carbons (Fsp3) is 0.333. The quantitative estimate of drug-likeness (QED) is 0.630. The summed E-state index contributed by atoms with van der Waals surface area (Å²) in [7, 11) is 2.06. The third-order valence-corrected chi connectivity index (χ3v) is 2.06. The van der Waals surface area contributed by atoms with Gasteiger partial charge in [0.05, 0.1) is 0 Å². The van der Waals surface area contributed by atoms with Gasteiger partial charge in [-0.2, -0.15) is 0 Å². The molecule has 1 aliphatic heterocycles. The Morgan fingerprint density at radius 1 is 1.31 bits per heavy atom. The van der Waals surface area contributed by atoms with Gasteiger partial charge in [-0.3, -0.25) is 0 Å². The average molecular weight is 176 g/mol. The first-order valence-corrected chi connectivity index (χ1v) is 4.27. The average Bonchev–Trinajstić information content (AvgIpc) is 2.20. The van der Waals surface area contributed by atoms with E-state index in [4.69, 9.17) is 0 Å². The Labute approximate surface area is 77.5 Å². The number of aromatic nitrogens is 2. The summed E-state index contributed by atoms with van der Waals surface area (Å²) in [4.78, 5) is 12.3. The number of nitrogens with zero attached hydrogens (tertiary/aromatic N) is 4. The summed E-state index contributed by atoms with van der Waals surface area (Å²) in [5, 5.41) is 0. The topological polar surface area (TPSA) is 32.3 Å². The molecule has 0 aliphatic carbocycles. The minimum absolute atomic E-state index is 0.958. The third-order valence-electron chi connectivity index (χ3n) is 2.06. The van der Waals surface area contributed by atoms with Crippen molar-refractivity contribution in [1.82, 2.24) is 14.9 Å². The smallest absolute Gasteiger partial charge is 0.135 e. The summed E-state index contributed by atoms with van der Waals surface area (Å²) in [5.74, 6) is 0.958. The van der Waals surface area contributed by atoms with Crippen LogP contribution in [0.3, 0.4) is 0 Å². The molecule has 0 radical (unpaired) electrons. The fourth-order valence-corrected chi connectivity index (χ4v) is 1.25. The van der Waals surface area contributed by atoms with E-state index in [1.807, 2.05) is 18.5 Å². The molecule has 0 aromatic carbocycles. The zero-order valence-electron chi connectivity index (χ0n) is 7.59. The highest BCUT2D eigenvalue weighted by atomic mass is 15.2. The second kappa shape index (κ2) is 3.43. The molecule has 2 heterocycles. The lowest BCUT2D eigenvalue weighted by Crippen LogP contribution is -2.32. The number of hydrogen-bond donors (Lipinski definition) is 0. The molecule has 0 amide bonds. The number of anilines is 1. The van der Waals surface area contributed by atoms with Crippen LogP contribution in [0, 0.1) is 0 Å². The van der Waals surface area contributed by atoms with Gasteiger partial charge in [0.1, 0.15) is 12.1 Å². The number of likely N-dealkylation sites (N-methyl/N-ethyl adjacent to an activating group) is 1. The van der Waals surface area contributed by atoms with E-state index in [9.17, 15) is 0 Å². The van der Waals surface area contributed by atoms with Crippen molar-refractivity contribution in [2.75, 3.05) is 25.0 Å². The van der Waals surface area contributed by atoms with E-state index in [0.717, 1.165) is 18.9 Å². The SMILES string of the molecule is CN1C=CN(c2ccncn2)CC1.